The Morgan fingerprint density at radius 1 is 0.958 bits per heavy atom. The third-order valence-corrected chi connectivity index (χ3v) is 3.46. The maximum absolute atomic E-state index is 12.8. The lowest BCUT2D eigenvalue weighted by Gasteiger charge is -2.11. The molecule has 1 atom stereocenters. The maximum atomic E-state index is 12.8. The third-order valence-electron chi connectivity index (χ3n) is 3.46. The molecule has 24 heavy (non-hydrogen) atoms. The zero-order valence-corrected chi connectivity index (χ0v) is 13.0. The topological polar surface area (TPSA) is 78.4 Å². The summed E-state index contributed by atoms with van der Waals surface area (Å²) in [6, 6.07) is 14.7. The van der Waals surface area contributed by atoms with Crippen molar-refractivity contribution in [1.29, 1.82) is 0 Å². The Morgan fingerprint density at radius 2 is 1.58 bits per heavy atom. The van der Waals surface area contributed by atoms with Crippen molar-refractivity contribution in [2.45, 2.75) is 19.1 Å². The number of hydrogen-bond acceptors (Lipinski definition) is 3. The minimum absolute atomic E-state index is 0.138. The summed E-state index contributed by atoms with van der Waals surface area (Å²) in [6.07, 6.45) is -0.394. The normalized spacial score (nSPS) is 11.6. The van der Waals surface area contributed by atoms with E-state index in [9.17, 15) is 19.1 Å². The van der Waals surface area contributed by atoms with Crippen LogP contribution >= 0.6 is 0 Å². The molecule has 0 spiro atoms. The molecule has 2 aromatic carbocycles. The van der Waals surface area contributed by atoms with E-state index in [2.05, 4.69) is 10.6 Å². The van der Waals surface area contributed by atoms with E-state index in [-0.39, 0.29) is 18.9 Å². The molecular formula is C18H19FN2O3. The van der Waals surface area contributed by atoms with Crippen LogP contribution in [0.3, 0.4) is 0 Å². The van der Waals surface area contributed by atoms with Gasteiger partial charge in [0.1, 0.15) is 5.82 Å². The minimum atomic E-state index is -0.770. The van der Waals surface area contributed by atoms with Crippen molar-refractivity contribution >= 4 is 11.8 Å². The second-order valence-electron chi connectivity index (χ2n) is 5.28. The number of halogens is 1. The molecule has 6 heteroatoms. The Labute approximate surface area is 139 Å². The van der Waals surface area contributed by atoms with Gasteiger partial charge in [-0.3, -0.25) is 9.59 Å². The van der Waals surface area contributed by atoms with Crippen molar-refractivity contribution in [1.82, 2.24) is 10.6 Å². The first kappa shape index (κ1) is 17.6. The van der Waals surface area contributed by atoms with Gasteiger partial charge >= 0.3 is 11.8 Å². The van der Waals surface area contributed by atoms with Gasteiger partial charge in [0, 0.05) is 13.1 Å². The highest BCUT2D eigenvalue weighted by molar-refractivity contribution is 6.35. The first-order chi connectivity index (χ1) is 11.6. The van der Waals surface area contributed by atoms with E-state index in [1.807, 2.05) is 18.2 Å². The number of aliphatic hydroxyl groups is 1. The van der Waals surface area contributed by atoms with E-state index >= 15 is 0 Å². The van der Waals surface area contributed by atoms with Gasteiger partial charge in [-0.1, -0.05) is 42.5 Å². The van der Waals surface area contributed by atoms with Crippen LogP contribution in [0.25, 0.3) is 0 Å². The first-order valence-electron chi connectivity index (χ1n) is 7.60. The second-order valence-corrected chi connectivity index (χ2v) is 5.28. The molecule has 0 bridgehead atoms. The number of aliphatic hydroxyl groups excluding tert-OH is 1. The summed E-state index contributed by atoms with van der Waals surface area (Å²) < 4.78 is 12.8. The van der Waals surface area contributed by atoms with Gasteiger partial charge in [0.05, 0.1) is 6.10 Å². The molecule has 0 fully saturated rings. The van der Waals surface area contributed by atoms with E-state index in [4.69, 9.17) is 0 Å². The smallest absolute Gasteiger partial charge is 0.309 e. The lowest BCUT2D eigenvalue weighted by atomic mass is 10.1. The zero-order chi connectivity index (χ0) is 17.4. The standard InChI is InChI=1S/C18H19FN2O3/c19-15-8-6-13(7-9-15)12-21-18(24)17(23)20-11-10-16(22)14-4-2-1-3-5-14/h1-9,16,22H,10-12H2,(H,20,23)(H,21,24)/t16-/m1/s1. The van der Waals surface area contributed by atoms with Crippen LogP contribution in [-0.2, 0) is 16.1 Å². The predicted octanol–water partition coefficient (Wildman–Crippen LogP) is 1.68. The molecule has 0 radical (unpaired) electrons. The van der Waals surface area contributed by atoms with Crippen LogP contribution in [0.15, 0.2) is 54.6 Å². The van der Waals surface area contributed by atoms with Crippen molar-refractivity contribution in [3.8, 4) is 0 Å². The summed E-state index contributed by atoms with van der Waals surface area (Å²) in [6.45, 7) is 0.317. The molecule has 0 unspecified atom stereocenters. The van der Waals surface area contributed by atoms with Crippen LogP contribution in [0, 0.1) is 5.82 Å². The molecule has 0 aromatic heterocycles. The summed E-state index contributed by atoms with van der Waals surface area (Å²) >= 11 is 0. The van der Waals surface area contributed by atoms with E-state index in [1.54, 1.807) is 12.1 Å². The van der Waals surface area contributed by atoms with Crippen molar-refractivity contribution in [2.24, 2.45) is 0 Å². The molecule has 126 valence electrons. The molecule has 0 aliphatic heterocycles. The van der Waals surface area contributed by atoms with Gasteiger partial charge < -0.3 is 15.7 Å². The van der Waals surface area contributed by atoms with Crippen molar-refractivity contribution < 1.29 is 19.1 Å². The third kappa shape index (κ3) is 5.48. The number of nitrogens with one attached hydrogen (secondary N) is 2. The summed E-state index contributed by atoms with van der Waals surface area (Å²) in [5.74, 6) is -1.90. The molecule has 2 aromatic rings. The second kappa shape index (κ2) is 8.79. The summed E-state index contributed by atoms with van der Waals surface area (Å²) in [4.78, 5) is 23.3. The SMILES string of the molecule is O=C(NCC[C@@H](O)c1ccccc1)C(=O)NCc1ccc(F)cc1. The molecule has 2 rings (SSSR count). The van der Waals surface area contributed by atoms with Gasteiger partial charge in [-0.2, -0.15) is 0 Å². The van der Waals surface area contributed by atoms with E-state index in [0.717, 1.165) is 5.56 Å². The molecule has 5 nitrogen and oxygen atoms in total. The van der Waals surface area contributed by atoms with Crippen molar-refractivity contribution in [3.63, 3.8) is 0 Å². The Balaban J connectivity index is 1.70. The van der Waals surface area contributed by atoms with Crippen LogP contribution in [0.2, 0.25) is 0 Å². The fraction of sp³-hybridized carbons (Fsp3) is 0.222. The average Bonchev–Trinajstić information content (AvgIpc) is 2.61. The minimum Gasteiger partial charge on any atom is -0.388 e. The van der Waals surface area contributed by atoms with E-state index in [1.165, 1.54) is 24.3 Å². The molecule has 0 aliphatic rings. The molecule has 0 aliphatic carbocycles. The Morgan fingerprint density at radius 3 is 2.25 bits per heavy atom. The molecule has 0 heterocycles. The first-order valence-corrected chi connectivity index (χ1v) is 7.60. The van der Waals surface area contributed by atoms with Crippen LogP contribution < -0.4 is 10.6 Å². The fourth-order valence-corrected chi connectivity index (χ4v) is 2.11. The Bertz CT molecular complexity index is 674. The lowest BCUT2D eigenvalue weighted by Crippen LogP contribution is -2.40. The molecule has 2 amide bonds. The van der Waals surface area contributed by atoms with Crippen molar-refractivity contribution in [3.05, 3.63) is 71.5 Å². The largest absolute Gasteiger partial charge is 0.388 e. The number of benzene rings is 2. The molecule has 0 saturated heterocycles. The molecule has 0 saturated carbocycles. The lowest BCUT2D eigenvalue weighted by molar-refractivity contribution is -0.139. The highest BCUT2D eigenvalue weighted by Crippen LogP contribution is 2.14. The predicted molar refractivity (Wildman–Crippen MR) is 87.3 cm³/mol. The highest BCUT2D eigenvalue weighted by Gasteiger charge is 2.13. The van der Waals surface area contributed by atoms with E-state index < -0.39 is 17.9 Å². The summed E-state index contributed by atoms with van der Waals surface area (Å²) in [7, 11) is 0. The molecule has 3 N–H and O–H groups in total. The number of carbonyl (C=O) groups is 2. The number of carbonyl (C=O) groups excluding carboxylic acids is 2. The van der Waals surface area contributed by atoms with Crippen LogP contribution in [0.5, 0.6) is 0 Å². The van der Waals surface area contributed by atoms with E-state index in [0.29, 0.717) is 12.0 Å². The van der Waals surface area contributed by atoms with Gasteiger partial charge in [0.15, 0.2) is 0 Å². The highest BCUT2D eigenvalue weighted by atomic mass is 19.1. The summed E-state index contributed by atoms with van der Waals surface area (Å²) in [5, 5.41) is 14.9. The maximum Gasteiger partial charge on any atom is 0.309 e. The van der Waals surface area contributed by atoms with Crippen LogP contribution in [-0.4, -0.2) is 23.5 Å². The number of rotatable bonds is 6. The van der Waals surface area contributed by atoms with Crippen molar-refractivity contribution in [2.75, 3.05) is 6.54 Å². The summed E-state index contributed by atoms with van der Waals surface area (Å²) in [5.41, 5.74) is 1.45. The number of amides is 2. The van der Waals surface area contributed by atoms with Gasteiger partial charge in [0.2, 0.25) is 0 Å². The fourth-order valence-electron chi connectivity index (χ4n) is 2.11. The molecular weight excluding hydrogens is 311 g/mol. The van der Waals surface area contributed by atoms with Gasteiger partial charge in [-0.15, -0.1) is 0 Å². The van der Waals surface area contributed by atoms with Gasteiger partial charge in [0.25, 0.3) is 0 Å². The quantitative estimate of drug-likeness (QED) is 0.705. The Kier molecular flexibility index (Phi) is 6.45. The Hall–Kier alpha value is -2.73. The van der Waals surface area contributed by atoms with Gasteiger partial charge in [-0.25, -0.2) is 4.39 Å². The number of hydrogen-bond donors (Lipinski definition) is 3. The van der Waals surface area contributed by atoms with Crippen LogP contribution in [0.4, 0.5) is 4.39 Å². The monoisotopic (exact) mass is 330 g/mol. The average molecular weight is 330 g/mol. The van der Waals surface area contributed by atoms with Gasteiger partial charge in [-0.05, 0) is 29.7 Å². The zero-order valence-electron chi connectivity index (χ0n) is 13.0. The van der Waals surface area contributed by atoms with Crippen LogP contribution in [0.1, 0.15) is 23.7 Å².